The summed E-state index contributed by atoms with van der Waals surface area (Å²) in [5, 5.41) is 0. The van der Waals surface area contributed by atoms with Gasteiger partial charge in [0.25, 0.3) is 0 Å². The Labute approximate surface area is 95.8 Å². The minimum absolute atomic E-state index is 0.807. The van der Waals surface area contributed by atoms with E-state index in [0.717, 1.165) is 29.1 Å². The third kappa shape index (κ3) is 1.85. The van der Waals surface area contributed by atoms with E-state index in [4.69, 9.17) is 0 Å². The Hall–Kier alpha value is 0. The second kappa shape index (κ2) is 4.11. The molecule has 0 nitrogen and oxygen atoms in total. The summed E-state index contributed by atoms with van der Waals surface area (Å²) in [4.78, 5) is 0. The van der Waals surface area contributed by atoms with E-state index in [0.29, 0.717) is 0 Å². The van der Waals surface area contributed by atoms with Crippen molar-refractivity contribution in [2.45, 2.75) is 66.2 Å². The van der Waals surface area contributed by atoms with Crippen molar-refractivity contribution in [1.29, 1.82) is 0 Å². The Kier molecular flexibility index (Phi) is 3.14. The molecule has 5 atom stereocenters. The minimum atomic E-state index is 0.807. The van der Waals surface area contributed by atoms with Crippen LogP contribution in [0.5, 0.6) is 0 Å². The van der Waals surface area contributed by atoms with E-state index < -0.39 is 0 Å². The van der Waals surface area contributed by atoms with Crippen molar-refractivity contribution in [2.75, 3.05) is 0 Å². The van der Waals surface area contributed by atoms with Crippen molar-refractivity contribution < 1.29 is 0 Å². The fourth-order valence-corrected chi connectivity index (χ4v) is 4.30. The molecule has 2 fully saturated rings. The van der Waals surface area contributed by atoms with Gasteiger partial charge in [-0.05, 0) is 41.9 Å². The highest BCUT2D eigenvalue weighted by Gasteiger charge is 2.70. The smallest absolute Gasteiger partial charge is 0.0258 e. The predicted octanol–water partition coefficient (Wildman–Crippen LogP) is 4.89. The summed E-state index contributed by atoms with van der Waals surface area (Å²) in [6.07, 6.45) is 8.77. The second-order valence-corrected chi connectivity index (χ2v) is 6.49. The summed E-state index contributed by atoms with van der Waals surface area (Å²) in [7, 11) is 0. The summed E-state index contributed by atoms with van der Waals surface area (Å²) >= 11 is 0. The predicted molar refractivity (Wildman–Crippen MR) is 66.8 cm³/mol. The Morgan fingerprint density at radius 2 is 2.07 bits per heavy atom. The number of hydrogen-bond donors (Lipinski definition) is 0. The zero-order chi connectivity index (χ0) is 11.1. The average molecular weight is 208 g/mol. The van der Waals surface area contributed by atoms with Crippen LogP contribution < -0.4 is 0 Å². The standard InChI is InChI=1S/C15H28/c1-5-7-8-11(3)9-13-14-12(6-2)10-15(13,14)4/h11-14H,5-10H2,1-4H3. The van der Waals surface area contributed by atoms with Crippen LogP contribution in [0.4, 0.5) is 0 Å². The Morgan fingerprint density at radius 1 is 1.33 bits per heavy atom. The lowest BCUT2D eigenvalue weighted by atomic mass is 9.75. The van der Waals surface area contributed by atoms with Gasteiger partial charge in [-0.2, -0.15) is 0 Å². The van der Waals surface area contributed by atoms with Crippen molar-refractivity contribution in [3.63, 3.8) is 0 Å². The second-order valence-electron chi connectivity index (χ2n) is 6.49. The molecule has 0 amide bonds. The number of hydrogen-bond acceptors (Lipinski definition) is 0. The van der Waals surface area contributed by atoms with E-state index in [2.05, 4.69) is 27.7 Å². The monoisotopic (exact) mass is 208 g/mol. The van der Waals surface area contributed by atoms with Crippen molar-refractivity contribution in [3.8, 4) is 0 Å². The van der Waals surface area contributed by atoms with Crippen molar-refractivity contribution in [2.24, 2.45) is 29.1 Å². The molecule has 2 rings (SSSR count). The molecule has 88 valence electrons. The molecule has 2 aliphatic rings. The summed E-state index contributed by atoms with van der Waals surface area (Å²) in [6.45, 7) is 9.70. The number of fused-ring (bicyclic) bond motifs is 1. The van der Waals surface area contributed by atoms with E-state index in [1.165, 1.54) is 32.1 Å². The van der Waals surface area contributed by atoms with Crippen molar-refractivity contribution >= 4 is 0 Å². The molecule has 0 heteroatoms. The highest BCUT2D eigenvalue weighted by atomic mass is 14.7. The first-order valence-corrected chi connectivity index (χ1v) is 7.13. The maximum absolute atomic E-state index is 2.54. The van der Waals surface area contributed by atoms with Crippen LogP contribution in [-0.2, 0) is 0 Å². The maximum atomic E-state index is 2.54. The number of unbranched alkanes of at least 4 members (excludes halogenated alkanes) is 1. The van der Waals surface area contributed by atoms with Gasteiger partial charge in [-0.15, -0.1) is 0 Å². The molecule has 0 bridgehead atoms. The zero-order valence-electron chi connectivity index (χ0n) is 11.1. The summed E-state index contributed by atoms with van der Waals surface area (Å²) in [6, 6.07) is 0. The molecular weight excluding hydrogens is 180 g/mol. The first-order chi connectivity index (χ1) is 7.13. The van der Waals surface area contributed by atoms with Crippen molar-refractivity contribution in [3.05, 3.63) is 0 Å². The van der Waals surface area contributed by atoms with Gasteiger partial charge in [-0.3, -0.25) is 0 Å². The Bertz CT molecular complexity index is 220. The van der Waals surface area contributed by atoms with E-state index in [-0.39, 0.29) is 0 Å². The largest absolute Gasteiger partial charge is 0.0654 e. The summed E-state index contributed by atoms with van der Waals surface area (Å²) in [5.74, 6) is 4.31. The molecule has 0 aromatic heterocycles. The molecule has 0 radical (unpaired) electrons. The molecular formula is C15H28. The van der Waals surface area contributed by atoms with Crippen LogP contribution in [0.15, 0.2) is 0 Å². The van der Waals surface area contributed by atoms with Gasteiger partial charge < -0.3 is 0 Å². The topological polar surface area (TPSA) is 0 Å². The summed E-state index contributed by atoms with van der Waals surface area (Å²) in [5.41, 5.74) is 0.807. The lowest BCUT2D eigenvalue weighted by molar-refractivity contribution is 0.191. The first kappa shape index (κ1) is 11.5. The van der Waals surface area contributed by atoms with Crippen molar-refractivity contribution in [1.82, 2.24) is 0 Å². The minimum Gasteiger partial charge on any atom is -0.0654 e. The fourth-order valence-electron chi connectivity index (χ4n) is 4.30. The SMILES string of the molecule is CCCCC(C)CC1C2C(CC)CC12C. The quantitative estimate of drug-likeness (QED) is 0.583. The van der Waals surface area contributed by atoms with Gasteiger partial charge >= 0.3 is 0 Å². The third-order valence-corrected chi connectivity index (χ3v) is 5.37. The molecule has 0 N–H and O–H groups in total. The fraction of sp³-hybridized carbons (Fsp3) is 1.00. The molecule has 15 heavy (non-hydrogen) atoms. The normalized spacial score (nSPS) is 44.4. The Morgan fingerprint density at radius 3 is 2.60 bits per heavy atom. The first-order valence-electron chi connectivity index (χ1n) is 7.13. The van der Waals surface area contributed by atoms with Gasteiger partial charge in [-0.1, -0.05) is 53.4 Å². The summed E-state index contributed by atoms with van der Waals surface area (Å²) < 4.78 is 0. The zero-order valence-corrected chi connectivity index (χ0v) is 11.1. The van der Waals surface area contributed by atoms with Gasteiger partial charge in [0.15, 0.2) is 0 Å². The van der Waals surface area contributed by atoms with Crippen LogP contribution >= 0.6 is 0 Å². The van der Waals surface area contributed by atoms with Crippen LogP contribution in [0.3, 0.4) is 0 Å². The van der Waals surface area contributed by atoms with Gasteiger partial charge in [-0.25, -0.2) is 0 Å². The lowest BCUT2D eigenvalue weighted by Crippen LogP contribution is -2.22. The molecule has 0 aromatic carbocycles. The molecule has 0 aliphatic heterocycles. The maximum Gasteiger partial charge on any atom is -0.0258 e. The Balaban J connectivity index is 1.74. The number of rotatable bonds is 6. The van der Waals surface area contributed by atoms with E-state index in [9.17, 15) is 0 Å². The van der Waals surface area contributed by atoms with Crippen LogP contribution in [0.25, 0.3) is 0 Å². The van der Waals surface area contributed by atoms with E-state index >= 15 is 0 Å². The van der Waals surface area contributed by atoms with Crippen LogP contribution in [0.1, 0.15) is 66.2 Å². The molecule has 0 saturated heterocycles. The molecule has 2 aliphatic carbocycles. The highest BCUT2D eigenvalue weighted by molar-refractivity contribution is 5.18. The van der Waals surface area contributed by atoms with Gasteiger partial charge in [0.2, 0.25) is 0 Å². The van der Waals surface area contributed by atoms with E-state index in [1.807, 2.05) is 0 Å². The van der Waals surface area contributed by atoms with Crippen LogP contribution in [0, 0.1) is 29.1 Å². The average Bonchev–Trinajstić information content (AvgIpc) is 2.63. The molecule has 0 aromatic rings. The highest BCUT2D eigenvalue weighted by Crippen LogP contribution is 2.77. The van der Waals surface area contributed by atoms with Crippen LogP contribution in [-0.4, -0.2) is 0 Å². The lowest BCUT2D eigenvalue weighted by Gasteiger charge is -2.30. The molecule has 0 heterocycles. The van der Waals surface area contributed by atoms with Gasteiger partial charge in [0.05, 0.1) is 0 Å². The van der Waals surface area contributed by atoms with E-state index in [1.54, 1.807) is 6.42 Å². The third-order valence-electron chi connectivity index (χ3n) is 5.37. The van der Waals surface area contributed by atoms with Gasteiger partial charge in [0, 0.05) is 0 Å². The van der Waals surface area contributed by atoms with Gasteiger partial charge in [0.1, 0.15) is 0 Å². The molecule has 0 spiro atoms. The molecule has 2 saturated carbocycles. The molecule has 5 unspecified atom stereocenters. The van der Waals surface area contributed by atoms with Crippen LogP contribution in [0.2, 0.25) is 0 Å².